The Morgan fingerprint density at radius 2 is 2.31 bits per heavy atom. The van der Waals surface area contributed by atoms with Gasteiger partial charge in [0, 0.05) is 25.5 Å². The lowest BCUT2D eigenvalue weighted by Crippen LogP contribution is -2.25. The Balaban J connectivity index is 1.75. The summed E-state index contributed by atoms with van der Waals surface area (Å²) in [6.07, 6.45) is 8.42. The highest BCUT2D eigenvalue weighted by molar-refractivity contribution is 5.04. The molecule has 1 aliphatic rings. The third-order valence-corrected chi connectivity index (χ3v) is 3.72. The van der Waals surface area contributed by atoms with Gasteiger partial charge in [-0.05, 0) is 50.1 Å². The largest absolute Gasteiger partial charge is 0.316 e. The van der Waals surface area contributed by atoms with Gasteiger partial charge in [0.05, 0.1) is 0 Å². The topological polar surface area (TPSA) is 29.9 Å². The van der Waals surface area contributed by atoms with Gasteiger partial charge in [0.1, 0.15) is 0 Å². The molecular weight excluding hydrogens is 198 g/mol. The Labute approximate surface area is 98.2 Å². The van der Waals surface area contributed by atoms with E-state index in [2.05, 4.69) is 23.4 Å². The second-order valence-electron chi connectivity index (χ2n) is 5.12. The van der Waals surface area contributed by atoms with Crippen LogP contribution in [0.15, 0.2) is 12.3 Å². The van der Waals surface area contributed by atoms with Gasteiger partial charge in [-0.2, -0.15) is 5.10 Å². The molecule has 0 atom stereocenters. The number of aryl methyl sites for hydroxylation is 2. The summed E-state index contributed by atoms with van der Waals surface area (Å²) in [5.74, 6) is 0. The van der Waals surface area contributed by atoms with Crippen LogP contribution in [0.1, 0.15) is 38.3 Å². The van der Waals surface area contributed by atoms with Crippen molar-refractivity contribution in [2.24, 2.45) is 12.5 Å². The van der Waals surface area contributed by atoms with E-state index in [0.717, 1.165) is 6.54 Å². The molecule has 0 saturated heterocycles. The summed E-state index contributed by atoms with van der Waals surface area (Å²) in [4.78, 5) is 0. The molecule has 0 aromatic carbocycles. The molecular formula is C13H23N3. The molecule has 0 aliphatic heterocycles. The molecule has 1 aliphatic carbocycles. The maximum Gasteiger partial charge on any atom is 0.0492 e. The first kappa shape index (κ1) is 11.6. The predicted molar refractivity (Wildman–Crippen MR) is 66.4 cm³/mol. The van der Waals surface area contributed by atoms with Crippen molar-refractivity contribution in [3.05, 3.63) is 18.0 Å². The van der Waals surface area contributed by atoms with Crippen molar-refractivity contribution < 1.29 is 0 Å². The number of rotatable bonds is 7. The minimum Gasteiger partial charge on any atom is -0.316 e. The average Bonchev–Trinajstić information content (AvgIpc) is 2.93. The smallest absolute Gasteiger partial charge is 0.0492 e. The van der Waals surface area contributed by atoms with Gasteiger partial charge in [0.15, 0.2) is 0 Å². The second-order valence-corrected chi connectivity index (χ2v) is 5.12. The lowest BCUT2D eigenvalue weighted by molar-refractivity contribution is 0.421. The van der Waals surface area contributed by atoms with Gasteiger partial charge in [-0.15, -0.1) is 0 Å². The number of hydrogen-bond donors (Lipinski definition) is 1. The maximum absolute atomic E-state index is 4.21. The quantitative estimate of drug-likeness (QED) is 0.715. The number of nitrogens with zero attached hydrogens (tertiary/aromatic N) is 2. The SMILES string of the molecule is CCCNCC1(CCc2ccnn2C)CC1. The average molecular weight is 221 g/mol. The lowest BCUT2D eigenvalue weighted by atomic mass is 9.99. The number of nitrogens with one attached hydrogen (secondary N) is 1. The van der Waals surface area contributed by atoms with Crippen molar-refractivity contribution in [1.29, 1.82) is 0 Å². The van der Waals surface area contributed by atoms with Crippen molar-refractivity contribution in [1.82, 2.24) is 15.1 Å². The van der Waals surface area contributed by atoms with Crippen molar-refractivity contribution in [3.8, 4) is 0 Å². The molecule has 1 aromatic heterocycles. The molecule has 2 rings (SSSR count). The zero-order valence-corrected chi connectivity index (χ0v) is 10.5. The van der Waals surface area contributed by atoms with Crippen LogP contribution < -0.4 is 5.32 Å². The van der Waals surface area contributed by atoms with E-state index in [1.54, 1.807) is 0 Å². The van der Waals surface area contributed by atoms with E-state index in [-0.39, 0.29) is 0 Å². The molecule has 1 saturated carbocycles. The Hall–Kier alpha value is -0.830. The van der Waals surface area contributed by atoms with Crippen LogP contribution >= 0.6 is 0 Å². The van der Waals surface area contributed by atoms with Crippen LogP contribution in [0.2, 0.25) is 0 Å². The van der Waals surface area contributed by atoms with E-state index in [9.17, 15) is 0 Å². The summed E-state index contributed by atoms with van der Waals surface area (Å²) < 4.78 is 2.00. The highest BCUT2D eigenvalue weighted by atomic mass is 15.2. The van der Waals surface area contributed by atoms with Crippen LogP contribution in [0.3, 0.4) is 0 Å². The summed E-state index contributed by atoms with van der Waals surface area (Å²) in [7, 11) is 2.03. The van der Waals surface area contributed by atoms with Gasteiger partial charge in [-0.3, -0.25) is 4.68 Å². The third-order valence-electron chi connectivity index (χ3n) is 3.72. The summed E-state index contributed by atoms with van der Waals surface area (Å²) in [5, 5.41) is 7.77. The fourth-order valence-corrected chi connectivity index (χ4v) is 2.26. The van der Waals surface area contributed by atoms with E-state index < -0.39 is 0 Å². The standard InChI is InChI=1S/C13H23N3/c1-3-9-14-11-13(7-8-13)6-4-12-5-10-15-16(12)2/h5,10,14H,3-4,6-9,11H2,1-2H3. The predicted octanol–water partition coefficient (Wildman–Crippen LogP) is 2.13. The van der Waals surface area contributed by atoms with Crippen molar-refractivity contribution in [3.63, 3.8) is 0 Å². The van der Waals surface area contributed by atoms with Gasteiger partial charge >= 0.3 is 0 Å². The Morgan fingerprint density at radius 1 is 1.50 bits per heavy atom. The van der Waals surface area contributed by atoms with Crippen LogP contribution in [0.4, 0.5) is 0 Å². The van der Waals surface area contributed by atoms with Gasteiger partial charge in [0.2, 0.25) is 0 Å². The van der Waals surface area contributed by atoms with Crippen molar-refractivity contribution in [2.75, 3.05) is 13.1 Å². The number of hydrogen-bond acceptors (Lipinski definition) is 2. The molecule has 1 aromatic rings. The fraction of sp³-hybridized carbons (Fsp3) is 0.769. The minimum atomic E-state index is 0.611. The minimum absolute atomic E-state index is 0.611. The summed E-state index contributed by atoms with van der Waals surface area (Å²) in [6, 6.07) is 2.13. The van der Waals surface area contributed by atoms with Crippen LogP contribution in [0, 0.1) is 5.41 Å². The van der Waals surface area contributed by atoms with Gasteiger partial charge in [0.25, 0.3) is 0 Å². The maximum atomic E-state index is 4.21. The third kappa shape index (κ3) is 2.85. The lowest BCUT2D eigenvalue weighted by Gasteiger charge is -2.15. The summed E-state index contributed by atoms with van der Waals surface area (Å²) in [5.41, 5.74) is 1.97. The van der Waals surface area contributed by atoms with E-state index in [1.165, 1.54) is 44.3 Å². The number of aromatic nitrogens is 2. The Morgan fingerprint density at radius 3 is 2.88 bits per heavy atom. The van der Waals surface area contributed by atoms with E-state index in [1.807, 2.05) is 17.9 Å². The van der Waals surface area contributed by atoms with Crippen molar-refractivity contribution >= 4 is 0 Å². The first-order valence-electron chi connectivity index (χ1n) is 6.43. The molecule has 0 spiro atoms. The van der Waals surface area contributed by atoms with E-state index >= 15 is 0 Å². The molecule has 0 amide bonds. The molecule has 16 heavy (non-hydrogen) atoms. The zero-order chi connectivity index (χ0) is 11.4. The molecule has 0 radical (unpaired) electrons. The summed E-state index contributed by atoms with van der Waals surface area (Å²) in [6.45, 7) is 4.59. The van der Waals surface area contributed by atoms with E-state index in [4.69, 9.17) is 0 Å². The Kier molecular flexibility index (Phi) is 3.64. The van der Waals surface area contributed by atoms with Crippen LogP contribution in [0.5, 0.6) is 0 Å². The van der Waals surface area contributed by atoms with Crippen LogP contribution in [0.25, 0.3) is 0 Å². The fourth-order valence-electron chi connectivity index (χ4n) is 2.26. The van der Waals surface area contributed by atoms with E-state index in [0.29, 0.717) is 5.41 Å². The van der Waals surface area contributed by atoms with Crippen LogP contribution in [-0.2, 0) is 13.5 Å². The van der Waals surface area contributed by atoms with Crippen LogP contribution in [-0.4, -0.2) is 22.9 Å². The van der Waals surface area contributed by atoms with Crippen molar-refractivity contribution in [2.45, 2.75) is 39.0 Å². The molecule has 1 fully saturated rings. The highest BCUT2D eigenvalue weighted by Crippen LogP contribution is 2.48. The molecule has 0 bridgehead atoms. The zero-order valence-electron chi connectivity index (χ0n) is 10.5. The summed E-state index contributed by atoms with van der Waals surface area (Å²) >= 11 is 0. The highest BCUT2D eigenvalue weighted by Gasteiger charge is 2.41. The second kappa shape index (κ2) is 5.00. The molecule has 1 heterocycles. The first-order chi connectivity index (χ1) is 7.76. The Bertz CT molecular complexity index is 326. The van der Waals surface area contributed by atoms with Gasteiger partial charge < -0.3 is 5.32 Å². The molecule has 3 nitrogen and oxygen atoms in total. The van der Waals surface area contributed by atoms with Gasteiger partial charge in [-0.1, -0.05) is 6.92 Å². The molecule has 3 heteroatoms. The monoisotopic (exact) mass is 221 g/mol. The molecule has 1 N–H and O–H groups in total. The molecule has 0 unspecified atom stereocenters. The first-order valence-corrected chi connectivity index (χ1v) is 6.43. The van der Waals surface area contributed by atoms with Gasteiger partial charge in [-0.25, -0.2) is 0 Å². The normalized spacial score (nSPS) is 17.6. The molecule has 90 valence electrons.